The van der Waals surface area contributed by atoms with Crippen LogP contribution in [0.4, 0.5) is 0 Å². The number of nitrogens with zero attached hydrogens (tertiary/aromatic N) is 1. The summed E-state index contributed by atoms with van der Waals surface area (Å²) in [4.78, 5) is 11.9. The van der Waals surface area contributed by atoms with Crippen molar-refractivity contribution in [2.24, 2.45) is 5.10 Å². The Kier molecular flexibility index (Phi) is 5.17. The van der Waals surface area contributed by atoms with Gasteiger partial charge < -0.3 is 0 Å². The fourth-order valence-electron chi connectivity index (χ4n) is 1.46. The molecule has 0 saturated carbocycles. The van der Waals surface area contributed by atoms with Crippen LogP contribution in [0.15, 0.2) is 52.0 Å². The van der Waals surface area contributed by atoms with E-state index in [0.29, 0.717) is 20.1 Å². The molecule has 2 aromatic rings. The first-order chi connectivity index (χ1) is 9.58. The lowest BCUT2D eigenvalue weighted by Crippen LogP contribution is -2.18. The van der Waals surface area contributed by atoms with Gasteiger partial charge in [0, 0.05) is 4.47 Å². The SMILES string of the molecule is O=C(N/N=C/c1ccc(Cl)c(Cl)c1)c1ccccc1Br. The second-order valence-electron chi connectivity index (χ2n) is 3.85. The van der Waals surface area contributed by atoms with Crippen LogP contribution in [0.3, 0.4) is 0 Å². The van der Waals surface area contributed by atoms with Gasteiger partial charge in [0.2, 0.25) is 0 Å². The predicted molar refractivity (Wildman–Crippen MR) is 85.7 cm³/mol. The predicted octanol–water partition coefficient (Wildman–Crippen LogP) is 4.52. The summed E-state index contributed by atoms with van der Waals surface area (Å²) in [5, 5.41) is 4.79. The zero-order valence-corrected chi connectivity index (χ0v) is 13.2. The summed E-state index contributed by atoms with van der Waals surface area (Å²) in [7, 11) is 0. The minimum atomic E-state index is -0.297. The summed E-state index contributed by atoms with van der Waals surface area (Å²) < 4.78 is 0.710. The molecule has 1 amide bonds. The Hall–Kier alpha value is -1.36. The number of rotatable bonds is 3. The van der Waals surface area contributed by atoms with Crippen molar-refractivity contribution in [3.63, 3.8) is 0 Å². The Balaban J connectivity index is 2.05. The van der Waals surface area contributed by atoms with E-state index in [4.69, 9.17) is 23.2 Å². The van der Waals surface area contributed by atoms with Gasteiger partial charge in [-0.25, -0.2) is 5.43 Å². The van der Waals surface area contributed by atoms with Crippen LogP contribution in [0.25, 0.3) is 0 Å². The van der Waals surface area contributed by atoms with Gasteiger partial charge in [-0.05, 0) is 45.8 Å². The molecule has 0 saturated heterocycles. The molecule has 0 aromatic heterocycles. The Morgan fingerprint density at radius 3 is 2.60 bits per heavy atom. The molecule has 0 atom stereocenters. The molecule has 0 heterocycles. The van der Waals surface area contributed by atoms with E-state index in [2.05, 4.69) is 26.5 Å². The highest BCUT2D eigenvalue weighted by Crippen LogP contribution is 2.21. The van der Waals surface area contributed by atoms with Gasteiger partial charge in [0.05, 0.1) is 21.8 Å². The summed E-state index contributed by atoms with van der Waals surface area (Å²) in [6, 6.07) is 12.2. The van der Waals surface area contributed by atoms with Crippen LogP contribution in [0.1, 0.15) is 15.9 Å². The van der Waals surface area contributed by atoms with Crippen molar-refractivity contribution in [1.82, 2.24) is 5.43 Å². The third-order valence-electron chi connectivity index (χ3n) is 2.44. The first kappa shape index (κ1) is 15.0. The van der Waals surface area contributed by atoms with Gasteiger partial charge in [-0.1, -0.05) is 41.4 Å². The summed E-state index contributed by atoms with van der Waals surface area (Å²) >= 11 is 15.0. The van der Waals surface area contributed by atoms with E-state index in [1.165, 1.54) is 6.21 Å². The topological polar surface area (TPSA) is 41.5 Å². The van der Waals surface area contributed by atoms with Crippen LogP contribution in [-0.4, -0.2) is 12.1 Å². The van der Waals surface area contributed by atoms with Gasteiger partial charge in [-0.3, -0.25) is 4.79 Å². The molecule has 2 rings (SSSR count). The number of amides is 1. The quantitative estimate of drug-likeness (QED) is 0.625. The molecule has 0 aliphatic heterocycles. The van der Waals surface area contributed by atoms with E-state index in [9.17, 15) is 4.79 Å². The van der Waals surface area contributed by atoms with Crippen LogP contribution < -0.4 is 5.43 Å². The summed E-state index contributed by atoms with van der Waals surface area (Å²) in [6.07, 6.45) is 1.50. The molecule has 0 spiro atoms. The second-order valence-corrected chi connectivity index (χ2v) is 5.52. The molecule has 0 bridgehead atoms. The van der Waals surface area contributed by atoms with Crippen molar-refractivity contribution in [3.05, 3.63) is 68.1 Å². The molecule has 6 heteroatoms. The molecule has 3 nitrogen and oxygen atoms in total. The third-order valence-corrected chi connectivity index (χ3v) is 3.87. The van der Waals surface area contributed by atoms with Crippen LogP contribution in [0.5, 0.6) is 0 Å². The zero-order valence-electron chi connectivity index (χ0n) is 10.1. The summed E-state index contributed by atoms with van der Waals surface area (Å²) in [5.41, 5.74) is 3.70. The first-order valence-electron chi connectivity index (χ1n) is 5.61. The lowest BCUT2D eigenvalue weighted by molar-refractivity contribution is 0.0954. The van der Waals surface area contributed by atoms with E-state index in [1.807, 2.05) is 6.07 Å². The lowest BCUT2D eigenvalue weighted by atomic mass is 10.2. The molecule has 102 valence electrons. The maximum absolute atomic E-state index is 11.9. The Morgan fingerprint density at radius 2 is 1.90 bits per heavy atom. The maximum Gasteiger partial charge on any atom is 0.272 e. The first-order valence-corrected chi connectivity index (χ1v) is 7.16. The van der Waals surface area contributed by atoms with E-state index in [1.54, 1.807) is 36.4 Å². The Labute approximate surface area is 134 Å². The van der Waals surface area contributed by atoms with E-state index in [0.717, 1.165) is 5.56 Å². The fraction of sp³-hybridized carbons (Fsp3) is 0. The van der Waals surface area contributed by atoms with Crippen molar-refractivity contribution in [1.29, 1.82) is 0 Å². The summed E-state index contributed by atoms with van der Waals surface area (Å²) in [6.45, 7) is 0. The monoisotopic (exact) mass is 370 g/mol. The minimum absolute atomic E-state index is 0.297. The molecule has 0 radical (unpaired) electrons. The number of hydrogen-bond acceptors (Lipinski definition) is 2. The standard InChI is InChI=1S/C14H9BrCl2N2O/c15-11-4-2-1-3-10(11)14(20)19-18-8-9-5-6-12(16)13(17)7-9/h1-8H,(H,19,20)/b18-8+. The highest BCUT2D eigenvalue weighted by molar-refractivity contribution is 9.10. The number of hydrazone groups is 1. The molecule has 0 aliphatic carbocycles. The van der Waals surface area contributed by atoms with Crippen LogP contribution in [0.2, 0.25) is 10.0 Å². The third kappa shape index (κ3) is 3.82. The number of benzene rings is 2. The lowest BCUT2D eigenvalue weighted by Gasteiger charge is -2.02. The average Bonchev–Trinajstić information content (AvgIpc) is 2.43. The van der Waals surface area contributed by atoms with Gasteiger partial charge in [0.1, 0.15) is 0 Å². The molecule has 2 aromatic carbocycles. The zero-order chi connectivity index (χ0) is 14.5. The smallest absolute Gasteiger partial charge is 0.267 e. The molecular weight excluding hydrogens is 363 g/mol. The average molecular weight is 372 g/mol. The van der Waals surface area contributed by atoms with Crippen molar-refractivity contribution in [2.45, 2.75) is 0 Å². The van der Waals surface area contributed by atoms with Crippen LogP contribution in [-0.2, 0) is 0 Å². The van der Waals surface area contributed by atoms with E-state index >= 15 is 0 Å². The molecule has 0 unspecified atom stereocenters. The van der Waals surface area contributed by atoms with E-state index in [-0.39, 0.29) is 5.91 Å². The van der Waals surface area contributed by atoms with E-state index < -0.39 is 0 Å². The number of carbonyl (C=O) groups excluding carboxylic acids is 1. The molecular formula is C14H9BrCl2N2O. The molecule has 0 fully saturated rings. The highest BCUT2D eigenvalue weighted by Gasteiger charge is 2.07. The van der Waals surface area contributed by atoms with Crippen molar-refractivity contribution < 1.29 is 4.79 Å². The van der Waals surface area contributed by atoms with Gasteiger partial charge in [-0.15, -0.1) is 0 Å². The maximum atomic E-state index is 11.9. The van der Waals surface area contributed by atoms with Gasteiger partial charge in [-0.2, -0.15) is 5.10 Å². The number of carbonyl (C=O) groups is 1. The van der Waals surface area contributed by atoms with Crippen LogP contribution in [0, 0.1) is 0 Å². The van der Waals surface area contributed by atoms with Crippen LogP contribution >= 0.6 is 39.1 Å². The molecule has 20 heavy (non-hydrogen) atoms. The largest absolute Gasteiger partial charge is 0.272 e. The Bertz CT molecular complexity index is 674. The normalized spacial score (nSPS) is 10.8. The highest BCUT2D eigenvalue weighted by atomic mass is 79.9. The van der Waals surface area contributed by atoms with Gasteiger partial charge in [0.25, 0.3) is 5.91 Å². The molecule has 0 aliphatic rings. The fourth-order valence-corrected chi connectivity index (χ4v) is 2.24. The minimum Gasteiger partial charge on any atom is -0.267 e. The number of halogens is 3. The number of hydrogen-bond donors (Lipinski definition) is 1. The summed E-state index contributed by atoms with van der Waals surface area (Å²) in [5.74, 6) is -0.297. The van der Waals surface area contributed by atoms with Crippen molar-refractivity contribution >= 4 is 51.3 Å². The second kappa shape index (κ2) is 6.88. The molecule has 1 N–H and O–H groups in total. The van der Waals surface area contributed by atoms with Gasteiger partial charge in [0.15, 0.2) is 0 Å². The van der Waals surface area contributed by atoms with Gasteiger partial charge >= 0.3 is 0 Å². The number of nitrogens with one attached hydrogen (secondary N) is 1. The van der Waals surface area contributed by atoms with Crippen molar-refractivity contribution in [2.75, 3.05) is 0 Å². The van der Waals surface area contributed by atoms with Crippen molar-refractivity contribution in [3.8, 4) is 0 Å². The Morgan fingerprint density at radius 1 is 1.15 bits per heavy atom.